The molecule has 0 unspecified atom stereocenters. The SMILES string of the molecule is O=C(NCc1cccc(F)c1)c1csc(-c2ccc(OCc3c(F)cccc3Cl)cc2)n1. The number of nitrogens with zero attached hydrogens (tertiary/aromatic N) is 1. The summed E-state index contributed by atoms with van der Waals surface area (Å²) in [6, 6.07) is 17.7. The number of benzene rings is 3. The second kappa shape index (κ2) is 9.89. The van der Waals surface area contributed by atoms with Gasteiger partial charge in [-0.2, -0.15) is 0 Å². The molecule has 0 bridgehead atoms. The molecule has 1 N–H and O–H groups in total. The molecule has 0 saturated carbocycles. The molecule has 4 rings (SSSR count). The Kier molecular flexibility index (Phi) is 6.78. The van der Waals surface area contributed by atoms with Crippen molar-refractivity contribution in [1.29, 1.82) is 0 Å². The number of hydrogen-bond acceptors (Lipinski definition) is 4. The van der Waals surface area contributed by atoms with Gasteiger partial charge in [0.05, 0.1) is 5.02 Å². The van der Waals surface area contributed by atoms with Gasteiger partial charge in [-0.1, -0.05) is 29.8 Å². The Morgan fingerprint density at radius 3 is 2.59 bits per heavy atom. The van der Waals surface area contributed by atoms with Crippen molar-refractivity contribution in [2.24, 2.45) is 0 Å². The lowest BCUT2D eigenvalue weighted by molar-refractivity contribution is 0.0946. The highest BCUT2D eigenvalue weighted by Gasteiger charge is 2.12. The van der Waals surface area contributed by atoms with Crippen molar-refractivity contribution in [3.05, 3.63) is 106 Å². The van der Waals surface area contributed by atoms with E-state index in [1.165, 1.54) is 29.5 Å². The lowest BCUT2D eigenvalue weighted by Crippen LogP contribution is -2.23. The molecule has 0 fully saturated rings. The van der Waals surface area contributed by atoms with Gasteiger partial charge in [0.15, 0.2) is 0 Å². The number of thiazole rings is 1. The number of carbonyl (C=O) groups is 1. The van der Waals surface area contributed by atoms with Crippen LogP contribution in [-0.2, 0) is 13.2 Å². The minimum Gasteiger partial charge on any atom is -0.489 e. The van der Waals surface area contributed by atoms with Crippen LogP contribution in [0.1, 0.15) is 21.6 Å². The third-order valence-electron chi connectivity index (χ3n) is 4.63. The average molecular weight is 471 g/mol. The summed E-state index contributed by atoms with van der Waals surface area (Å²) in [5, 5.41) is 5.39. The van der Waals surface area contributed by atoms with Crippen LogP contribution >= 0.6 is 22.9 Å². The fourth-order valence-corrected chi connectivity index (χ4v) is 3.97. The van der Waals surface area contributed by atoms with Crippen molar-refractivity contribution in [3.63, 3.8) is 0 Å². The molecule has 32 heavy (non-hydrogen) atoms. The van der Waals surface area contributed by atoms with E-state index in [9.17, 15) is 13.6 Å². The molecule has 0 aliphatic rings. The number of ether oxygens (including phenoxy) is 1. The van der Waals surface area contributed by atoms with Gasteiger partial charge in [-0.15, -0.1) is 11.3 Å². The van der Waals surface area contributed by atoms with E-state index < -0.39 is 5.82 Å². The van der Waals surface area contributed by atoms with Gasteiger partial charge in [0.25, 0.3) is 5.91 Å². The summed E-state index contributed by atoms with van der Waals surface area (Å²) in [5.41, 5.74) is 2.07. The lowest BCUT2D eigenvalue weighted by Gasteiger charge is -2.09. The monoisotopic (exact) mass is 470 g/mol. The average Bonchev–Trinajstić information content (AvgIpc) is 3.28. The summed E-state index contributed by atoms with van der Waals surface area (Å²) in [6.07, 6.45) is 0. The molecule has 0 atom stereocenters. The van der Waals surface area contributed by atoms with Crippen LogP contribution in [0, 0.1) is 11.6 Å². The van der Waals surface area contributed by atoms with Gasteiger partial charge in [-0.25, -0.2) is 13.8 Å². The van der Waals surface area contributed by atoms with Crippen molar-refractivity contribution >= 4 is 28.8 Å². The maximum atomic E-state index is 13.9. The third kappa shape index (κ3) is 5.30. The normalized spacial score (nSPS) is 10.7. The summed E-state index contributed by atoms with van der Waals surface area (Å²) >= 11 is 7.35. The van der Waals surface area contributed by atoms with Crippen molar-refractivity contribution < 1.29 is 18.3 Å². The largest absolute Gasteiger partial charge is 0.489 e. The first-order valence-corrected chi connectivity index (χ1v) is 10.9. The van der Waals surface area contributed by atoms with Gasteiger partial charge >= 0.3 is 0 Å². The Morgan fingerprint density at radius 2 is 1.84 bits per heavy atom. The van der Waals surface area contributed by atoms with Crippen LogP contribution in [-0.4, -0.2) is 10.9 Å². The first-order valence-electron chi connectivity index (χ1n) is 9.64. The number of halogens is 3. The second-order valence-corrected chi connectivity index (χ2v) is 8.13. The molecule has 4 aromatic rings. The fourth-order valence-electron chi connectivity index (χ4n) is 2.95. The van der Waals surface area contributed by atoms with Crippen LogP contribution in [0.15, 0.2) is 72.1 Å². The molecule has 162 valence electrons. The number of amides is 1. The number of aromatic nitrogens is 1. The molecule has 1 amide bonds. The van der Waals surface area contributed by atoms with E-state index in [1.807, 2.05) is 12.1 Å². The maximum Gasteiger partial charge on any atom is 0.271 e. The zero-order valence-corrected chi connectivity index (χ0v) is 18.2. The summed E-state index contributed by atoms with van der Waals surface area (Å²) in [6.45, 7) is 0.221. The molecule has 0 aliphatic heterocycles. The van der Waals surface area contributed by atoms with E-state index in [1.54, 1.807) is 41.8 Å². The number of carbonyl (C=O) groups excluding carboxylic acids is 1. The Labute approximate surface area is 192 Å². The lowest BCUT2D eigenvalue weighted by atomic mass is 10.2. The Morgan fingerprint density at radius 1 is 1.06 bits per heavy atom. The van der Waals surface area contributed by atoms with Crippen LogP contribution in [0.3, 0.4) is 0 Å². The van der Waals surface area contributed by atoms with E-state index in [0.717, 1.165) is 5.56 Å². The predicted octanol–water partition coefficient (Wildman–Crippen LogP) is 6.25. The highest BCUT2D eigenvalue weighted by atomic mass is 35.5. The van der Waals surface area contributed by atoms with Gasteiger partial charge in [0.2, 0.25) is 0 Å². The topological polar surface area (TPSA) is 51.2 Å². The van der Waals surface area contributed by atoms with Crippen LogP contribution < -0.4 is 10.1 Å². The molecule has 4 nitrogen and oxygen atoms in total. The van der Waals surface area contributed by atoms with Crippen LogP contribution in [0.4, 0.5) is 8.78 Å². The molecule has 0 saturated heterocycles. The fraction of sp³-hybridized carbons (Fsp3) is 0.0833. The smallest absolute Gasteiger partial charge is 0.271 e. The van der Waals surface area contributed by atoms with Crippen LogP contribution in [0.5, 0.6) is 5.75 Å². The van der Waals surface area contributed by atoms with Crippen molar-refractivity contribution in [1.82, 2.24) is 10.3 Å². The summed E-state index contributed by atoms with van der Waals surface area (Å²) in [7, 11) is 0. The summed E-state index contributed by atoms with van der Waals surface area (Å²) in [4.78, 5) is 16.7. The number of nitrogens with one attached hydrogen (secondary N) is 1. The highest BCUT2D eigenvalue weighted by Crippen LogP contribution is 2.27. The first kappa shape index (κ1) is 21.9. The van der Waals surface area contributed by atoms with Gasteiger partial charge in [-0.05, 0) is 54.1 Å². The minimum atomic E-state index is -0.417. The van der Waals surface area contributed by atoms with E-state index in [-0.39, 0.29) is 30.6 Å². The van der Waals surface area contributed by atoms with E-state index in [4.69, 9.17) is 16.3 Å². The Hall–Kier alpha value is -3.29. The molecular formula is C24H17ClF2N2O2S. The van der Waals surface area contributed by atoms with Crippen LogP contribution in [0.2, 0.25) is 5.02 Å². The second-order valence-electron chi connectivity index (χ2n) is 6.86. The predicted molar refractivity (Wildman–Crippen MR) is 121 cm³/mol. The van der Waals surface area contributed by atoms with Crippen molar-refractivity contribution in [2.75, 3.05) is 0 Å². The molecule has 0 spiro atoms. The Balaban J connectivity index is 1.37. The van der Waals surface area contributed by atoms with Gasteiger partial charge in [-0.3, -0.25) is 4.79 Å². The first-order chi connectivity index (χ1) is 15.5. The molecule has 3 aromatic carbocycles. The van der Waals surface area contributed by atoms with Crippen molar-refractivity contribution in [2.45, 2.75) is 13.2 Å². The number of hydrogen-bond donors (Lipinski definition) is 1. The van der Waals surface area contributed by atoms with E-state index in [2.05, 4.69) is 10.3 Å². The van der Waals surface area contributed by atoms with Gasteiger partial charge in [0.1, 0.15) is 34.7 Å². The molecular weight excluding hydrogens is 454 g/mol. The Bertz CT molecular complexity index is 1220. The molecule has 1 aromatic heterocycles. The molecule has 8 heteroatoms. The summed E-state index contributed by atoms with van der Waals surface area (Å²) in [5.74, 6) is -0.548. The molecule has 0 aliphatic carbocycles. The standard InChI is InChI=1S/C24H17ClF2N2O2S/c25-20-5-2-6-21(27)19(20)13-31-18-9-7-16(8-10-18)24-29-22(14-32-24)23(30)28-12-15-3-1-4-17(26)11-15/h1-11,14H,12-13H2,(H,28,30). The van der Waals surface area contributed by atoms with Gasteiger partial charge in [0, 0.05) is 23.1 Å². The number of rotatable bonds is 7. The molecule has 0 radical (unpaired) electrons. The zero-order chi connectivity index (χ0) is 22.5. The van der Waals surface area contributed by atoms with Crippen molar-refractivity contribution in [3.8, 4) is 16.3 Å². The highest BCUT2D eigenvalue weighted by molar-refractivity contribution is 7.13. The third-order valence-corrected chi connectivity index (χ3v) is 5.87. The quantitative estimate of drug-likeness (QED) is 0.347. The van der Waals surface area contributed by atoms with Crippen LogP contribution in [0.25, 0.3) is 10.6 Å². The molecule has 1 heterocycles. The zero-order valence-electron chi connectivity index (χ0n) is 16.6. The van der Waals surface area contributed by atoms with E-state index >= 15 is 0 Å². The summed E-state index contributed by atoms with van der Waals surface area (Å²) < 4.78 is 32.7. The maximum absolute atomic E-state index is 13.9. The van der Waals surface area contributed by atoms with E-state index in [0.29, 0.717) is 26.9 Å². The van der Waals surface area contributed by atoms with Gasteiger partial charge < -0.3 is 10.1 Å². The minimum absolute atomic E-state index is 0.0116.